The summed E-state index contributed by atoms with van der Waals surface area (Å²) in [6.45, 7) is -1.36. The number of aromatic nitrogens is 1. The summed E-state index contributed by atoms with van der Waals surface area (Å²) in [7, 11) is 1.59. The number of phenolic OH excluding ortho intramolecular Hbond substituents is 1. The van der Waals surface area contributed by atoms with Gasteiger partial charge in [-0.2, -0.15) is 0 Å². The molecule has 1 saturated heterocycles. The third-order valence-electron chi connectivity index (χ3n) is 18.8. The second-order valence-corrected chi connectivity index (χ2v) is 22.9. The Morgan fingerprint density at radius 1 is 0.947 bits per heavy atom. The van der Waals surface area contributed by atoms with E-state index >= 15 is 4.79 Å². The maximum absolute atomic E-state index is 15.5. The standard InChI is InChI=1S/C61H62N2O12/c1-71-55-38-16-15-34-22-32-9-6-11-36(32)49-48(34)50(38)52-54(67)51(49)45(65)28-63-27-43-31(8-5-12-37(43)58(63)68)10-7-21-72-57-53(66)47-29-73-46(18-17-39(55)56(52)75-59(74-47)61(57,70)30-64)42-26-62-44-23-33-13-14-35(40(33)24-41(42)44)25-60(69)19-3-2-4-20-60/h5,8,12,17-18,22-24,26,32,35-36,46-47,53,57,59,62,64,66-67,69-70H,2-4,6,9-11,13-16,19-20,25,27-30H2,1H3/b18-17+/t32-,35-,36-,46+,47+,53+,57-,59+,61+/m0/s1. The SMILES string of the molecule is COc1c2c3c4c(O)c(c5c6c4c1CCC6=C[C@@H]1CCC[C@H]51)C(=O)CN1Cc4c(cccc4C1=O)CC#CO[C@H]1[C@H](O)[C@@H](CO[C@@H](c4c[nH]c5cc6c(cc45)[C@H](CC4(O)CCCCC4)CC6)/C=C/2)O[C@H](O3)[C@@]1(O)CO. The molecule has 6 N–H and O–H groups in total. The van der Waals surface area contributed by atoms with Gasteiger partial charge in [0.15, 0.2) is 17.5 Å². The predicted molar refractivity (Wildman–Crippen MR) is 277 cm³/mol. The number of H-pyrrole nitrogens is 1. The van der Waals surface area contributed by atoms with E-state index in [-0.39, 0.29) is 72.2 Å². The number of hydrogen-bond donors (Lipinski definition) is 6. The molecule has 14 heteroatoms. The van der Waals surface area contributed by atoms with Crippen molar-refractivity contribution in [2.45, 2.75) is 150 Å². The lowest BCUT2D eigenvalue weighted by Gasteiger charge is -2.47. The number of phenols is 1. The lowest BCUT2D eigenvalue weighted by Crippen LogP contribution is -2.70. The van der Waals surface area contributed by atoms with E-state index in [0.717, 1.165) is 120 Å². The number of rotatable bonds is 5. The van der Waals surface area contributed by atoms with E-state index in [1.807, 2.05) is 24.4 Å². The van der Waals surface area contributed by atoms with Gasteiger partial charge in [0.2, 0.25) is 6.29 Å². The monoisotopic (exact) mass is 1010 g/mol. The van der Waals surface area contributed by atoms with E-state index in [1.165, 1.54) is 16.0 Å². The number of carbonyl (C=O) groups excluding carboxylic acids is 2. The van der Waals surface area contributed by atoms with E-state index in [4.69, 9.17) is 23.7 Å². The minimum atomic E-state index is -2.47. The quantitative estimate of drug-likeness (QED) is 0.0927. The molecule has 75 heavy (non-hydrogen) atoms. The van der Waals surface area contributed by atoms with Gasteiger partial charge in [-0.25, -0.2) is 0 Å². The molecule has 0 radical (unpaired) electrons. The molecule has 0 spiro atoms. The number of aromatic hydroxyl groups is 1. The molecule has 4 aromatic carbocycles. The van der Waals surface area contributed by atoms with Crippen LogP contribution in [0.4, 0.5) is 0 Å². The molecule has 9 aliphatic rings. The number of ketones is 1. The van der Waals surface area contributed by atoms with E-state index in [1.54, 1.807) is 19.2 Å². The van der Waals surface area contributed by atoms with E-state index < -0.39 is 54.3 Å². The molecule has 5 aliphatic carbocycles. The Labute approximate surface area is 434 Å². The molecule has 5 heterocycles. The van der Waals surface area contributed by atoms with Crippen LogP contribution in [-0.4, -0.2) is 110 Å². The summed E-state index contributed by atoms with van der Waals surface area (Å²) in [4.78, 5) is 34.7. The Hall–Kier alpha value is -6.18. The van der Waals surface area contributed by atoms with Crippen molar-refractivity contribution in [1.82, 2.24) is 9.88 Å². The van der Waals surface area contributed by atoms with E-state index in [0.29, 0.717) is 35.1 Å². The summed E-state index contributed by atoms with van der Waals surface area (Å²) >= 11 is 0. The summed E-state index contributed by atoms with van der Waals surface area (Å²) < 4.78 is 33.2. The molecule has 1 amide bonds. The van der Waals surface area contributed by atoms with Crippen molar-refractivity contribution in [2.75, 3.05) is 26.9 Å². The molecular weight excluding hydrogens is 953 g/mol. The van der Waals surface area contributed by atoms with Crippen molar-refractivity contribution in [2.24, 2.45) is 5.92 Å². The van der Waals surface area contributed by atoms with Crippen LogP contribution in [0.15, 0.2) is 48.7 Å². The van der Waals surface area contributed by atoms with Crippen molar-refractivity contribution in [3.05, 3.63) is 110 Å². The minimum absolute atomic E-state index is 0.0131. The van der Waals surface area contributed by atoms with Crippen LogP contribution in [0.2, 0.25) is 0 Å². The summed E-state index contributed by atoms with van der Waals surface area (Å²) in [6, 6.07) is 9.84. The number of methoxy groups -OCH3 is 1. The number of hydrogen-bond acceptors (Lipinski definition) is 12. The minimum Gasteiger partial charge on any atom is -0.506 e. The number of carbonyl (C=O) groups is 2. The maximum Gasteiger partial charge on any atom is 0.254 e. The van der Waals surface area contributed by atoms with Gasteiger partial charge in [-0.1, -0.05) is 55.9 Å². The van der Waals surface area contributed by atoms with E-state index in [2.05, 4.69) is 35.2 Å². The molecular formula is C61H62N2O12. The van der Waals surface area contributed by atoms with Crippen LogP contribution < -0.4 is 9.47 Å². The number of allylic oxidation sites excluding steroid dienone is 2. The molecule has 4 aliphatic heterocycles. The number of nitrogens with zero attached hydrogens (tertiary/aromatic N) is 1. The normalized spacial score (nSPS) is 30.5. The topological polar surface area (TPSA) is 200 Å². The van der Waals surface area contributed by atoms with Crippen LogP contribution in [0.3, 0.4) is 0 Å². The molecule has 3 fully saturated rings. The zero-order valence-electron chi connectivity index (χ0n) is 42.1. The van der Waals surface area contributed by atoms with Gasteiger partial charge in [-0.3, -0.25) is 9.59 Å². The number of benzene rings is 4. The fraction of sp³-hybridized carbons (Fsp3) is 0.475. The Morgan fingerprint density at radius 3 is 2.65 bits per heavy atom. The Kier molecular flexibility index (Phi) is 11.2. The summed E-state index contributed by atoms with van der Waals surface area (Å²) in [6.07, 6.45) is 15.2. The van der Waals surface area contributed by atoms with E-state index in [9.17, 15) is 30.3 Å². The van der Waals surface area contributed by atoms with Crippen molar-refractivity contribution in [1.29, 1.82) is 0 Å². The predicted octanol–water partition coefficient (Wildman–Crippen LogP) is 8.09. The Morgan fingerprint density at radius 2 is 1.81 bits per heavy atom. The van der Waals surface area contributed by atoms with Crippen LogP contribution in [0.5, 0.6) is 17.2 Å². The molecule has 5 aromatic rings. The zero-order valence-corrected chi connectivity index (χ0v) is 42.1. The average molecular weight is 1020 g/mol. The first-order valence-electron chi connectivity index (χ1n) is 27.2. The van der Waals surface area contributed by atoms with Crippen molar-refractivity contribution < 1.29 is 58.8 Å². The Balaban J connectivity index is 0.997. The van der Waals surface area contributed by atoms with Crippen molar-refractivity contribution in [3.8, 4) is 29.3 Å². The maximum atomic E-state index is 15.5. The number of Topliss-reactive ketones (excluding diaryl/α,β-unsaturated/α-hetero) is 1. The lowest BCUT2D eigenvalue weighted by atomic mass is 9.69. The largest absolute Gasteiger partial charge is 0.506 e. The van der Waals surface area contributed by atoms with Crippen LogP contribution in [0.25, 0.3) is 33.3 Å². The van der Waals surface area contributed by atoms with Gasteiger partial charge in [0.1, 0.15) is 41.7 Å². The van der Waals surface area contributed by atoms with Gasteiger partial charge in [0.25, 0.3) is 5.91 Å². The molecule has 8 bridgehead atoms. The highest BCUT2D eigenvalue weighted by Crippen LogP contribution is 2.60. The first-order valence-corrected chi connectivity index (χ1v) is 27.2. The van der Waals surface area contributed by atoms with Gasteiger partial charge in [0, 0.05) is 52.1 Å². The third-order valence-corrected chi connectivity index (χ3v) is 18.8. The van der Waals surface area contributed by atoms with Crippen LogP contribution in [0.1, 0.15) is 159 Å². The molecule has 14 rings (SSSR count). The Bertz CT molecular complexity index is 3390. The fourth-order valence-electron chi connectivity index (χ4n) is 15.1. The van der Waals surface area contributed by atoms with Gasteiger partial charge in [0.05, 0.1) is 49.0 Å². The third kappa shape index (κ3) is 7.21. The summed E-state index contributed by atoms with van der Waals surface area (Å²) in [5.41, 5.74) is 7.03. The zero-order chi connectivity index (χ0) is 51.1. The fourth-order valence-corrected chi connectivity index (χ4v) is 15.1. The second kappa shape index (κ2) is 17.7. The summed E-state index contributed by atoms with van der Waals surface area (Å²) in [5.74, 6) is 2.76. The highest BCUT2D eigenvalue weighted by atomic mass is 16.7. The van der Waals surface area contributed by atoms with Gasteiger partial charge in [-0.05, 0) is 139 Å². The van der Waals surface area contributed by atoms with Crippen molar-refractivity contribution >= 4 is 45.0 Å². The number of ether oxygens (including phenoxy) is 5. The molecule has 2 saturated carbocycles. The number of aryl methyl sites for hydroxylation is 2. The van der Waals surface area contributed by atoms with Crippen molar-refractivity contribution in [3.63, 3.8) is 0 Å². The van der Waals surface area contributed by atoms with Gasteiger partial charge < -0.3 is 59.1 Å². The number of aliphatic hydroxyl groups is 4. The number of aromatic amines is 1. The average Bonchev–Trinajstić information content (AvgIpc) is 4.23. The van der Waals surface area contributed by atoms with Crippen LogP contribution in [0, 0.1) is 17.9 Å². The molecule has 388 valence electrons. The first kappa shape index (κ1) is 47.3. The van der Waals surface area contributed by atoms with Gasteiger partial charge in [-0.15, -0.1) is 0 Å². The molecule has 1 aromatic heterocycles. The summed E-state index contributed by atoms with van der Waals surface area (Å²) in [5, 5.41) is 63.3. The van der Waals surface area contributed by atoms with Gasteiger partial charge >= 0.3 is 0 Å². The first-order chi connectivity index (χ1) is 36.4. The number of nitrogens with one attached hydrogen (secondary N) is 1. The number of amides is 1. The molecule has 14 nitrogen and oxygen atoms in total. The highest BCUT2D eigenvalue weighted by Gasteiger charge is 2.59. The number of fused-ring (bicyclic) bond motifs is 9. The smallest absolute Gasteiger partial charge is 0.254 e. The number of aliphatic hydroxyl groups excluding tert-OH is 2. The second-order valence-electron chi connectivity index (χ2n) is 22.9. The van der Waals surface area contributed by atoms with Crippen LogP contribution in [-0.2, 0) is 40.0 Å². The molecule has 0 unspecified atom stereocenters. The highest BCUT2D eigenvalue weighted by molar-refractivity contribution is 6.17. The molecule has 9 atom stereocenters. The lowest BCUT2D eigenvalue weighted by molar-refractivity contribution is -0.328. The van der Waals surface area contributed by atoms with Crippen LogP contribution >= 0.6 is 0 Å².